The van der Waals surface area contributed by atoms with Crippen LogP contribution in [0.5, 0.6) is 0 Å². The van der Waals surface area contributed by atoms with E-state index in [1.54, 1.807) is 10.6 Å². The number of rotatable bonds is 3. The molecule has 0 amide bonds. The van der Waals surface area contributed by atoms with E-state index in [1.165, 1.54) is 0 Å². The highest BCUT2D eigenvalue weighted by Crippen LogP contribution is 2.28. The average molecular weight is 328 g/mol. The number of hydrogen-bond donors (Lipinski definition) is 1. The normalized spacial score (nSPS) is 16.3. The summed E-state index contributed by atoms with van der Waals surface area (Å²) in [6, 6.07) is 5.54. The van der Waals surface area contributed by atoms with Crippen molar-refractivity contribution in [3.8, 4) is 11.4 Å². The molecule has 7 nitrogen and oxygen atoms in total. The topological polar surface area (TPSA) is 86.1 Å². The molecule has 0 unspecified atom stereocenters. The number of oxazole rings is 1. The minimum atomic E-state index is -0.347. The van der Waals surface area contributed by atoms with Gasteiger partial charge < -0.3 is 14.3 Å². The zero-order valence-electron chi connectivity index (χ0n) is 13.8. The largest absolute Gasteiger partial charge is 0.420 e. The lowest BCUT2D eigenvalue weighted by Crippen LogP contribution is -2.26. The van der Waals surface area contributed by atoms with Gasteiger partial charge >= 0.3 is 5.76 Å². The Morgan fingerprint density at radius 3 is 2.83 bits per heavy atom. The van der Waals surface area contributed by atoms with Gasteiger partial charge in [-0.2, -0.15) is 4.98 Å². The number of fused-ring (bicyclic) bond motifs is 1. The smallest absolute Gasteiger partial charge is 0.408 e. The van der Waals surface area contributed by atoms with E-state index in [2.05, 4.69) is 15.5 Å². The number of piperidine rings is 1. The summed E-state index contributed by atoms with van der Waals surface area (Å²) in [4.78, 5) is 16.5. The standard InChI is InChI=1S/C17H20N4O3/c1-10(2)21-13-9-12(3-4-14(13)23-17(21)22)15-19-16(24-20-15)11-5-7-18-8-6-11/h3-4,9-11,18H,5-8H2,1-2H3. The third-order valence-corrected chi connectivity index (χ3v) is 4.52. The van der Waals surface area contributed by atoms with Crippen molar-refractivity contribution in [1.29, 1.82) is 0 Å². The lowest BCUT2D eigenvalue weighted by atomic mass is 9.98. The maximum absolute atomic E-state index is 12.0. The second-order valence-electron chi connectivity index (χ2n) is 6.49. The fraction of sp³-hybridized carbons (Fsp3) is 0.471. The van der Waals surface area contributed by atoms with E-state index < -0.39 is 0 Å². The molecule has 1 saturated heterocycles. The highest BCUT2D eigenvalue weighted by molar-refractivity contribution is 5.79. The van der Waals surface area contributed by atoms with Crippen LogP contribution in [0.25, 0.3) is 22.5 Å². The molecular formula is C17H20N4O3. The van der Waals surface area contributed by atoms with E-state index in [9.17, 15) is 4.79 Å². The summed E-state index contributed by atoms with van der Waals surface area (Å²) >= 11 is 0. The number of benzene rings is 1. The van der Waals surface area contributed by atoms with Crippen LogP contribution in [-0.2, 0) is 0 Å². The summed E-state index contributed by atoms with van der Waals surface area (Å²) in [6.45, 7) is 5.85. The summed E-state index contributed by atoms with van der Waals surface area (Å²) in [5, 5.41) is 7.45. The Kier molecular flexibility index (Phi) is 3.72. The molecule has 0 radical (unpaired) electrons. The minimum Gasteiger partial charge on any atom is -0.408 e. The summed E-state index contributed by atoms with van der Waals surface area (Å²) < 4.78 is 12.4. The lowest BCUT2D eigenvalue weighted by Gasteiger charge is -2.18. The molecule has 2 aromatic heterocycles. The van der Waals surface area contributed by atoms with Gasteiger partial charge in [0.25, 0.3) is 0 Å². The molecule has 1 aliphatic heterocycles. The molecule has 1 N–H and O–H groups in total. The molecule has 4 rings (SSSR count). The first-order chi connectivity index (χ1) is 11.6. The predicted octanol–water partition coefficient (Wildman–Crippen LogP) is 2.69. The highest BCUT2D eigenvalue weighted by atomic mass is 16.5. The molecule has 3 heterocycles. The molecule has 1 aromatic carbocycles. The lowest BCUT2D eigenvalue weighted by molar-refractivity contribution is 0.320. The Balaban J connectivity index is 1.72. The Labute approximate surface area is 138 Å². The van der Waals surface area contributed by atoms with Crippen molar-refractivity contribution in [2.45, 2.75) is 38.6 Å². The van der Waals surface area contributed by atoms with Gasteiger partial charge in [0.2, 0.25) is 11.7 Å². The van der Waals surface area contributed by atoms with Crippen LogP contribution in [0.2, 0.25) is 0 Å². The van der Waals surface area contributed by atoms with Gasteiger partial charge in [-0.15, -0.1) is 0 Å². The van der Waals surface area contributed by atoms with Gasteiger partial charge in [0.05, 0.1) is 5.52 Å². The molecule has 0 atom stereocenters. The number of hydrogen-bond acceptors (Lipinski definition) is 6. The second-order valence-corrected chi connectivity index (χ2v) is 6.49. The fourth-order valence-corrected chi connectivity index (χ4v) is 3.25. The highest BCUT2D eigenvalue weighted by Gasteiger charge is 2.22. The maximum Gasteiger partial charge on any atom is 0.420 e. The van der Waals surface area contributed by atoms with Crippen LogP contribution in [0.3, 0.4) is 0 Å². The van der Waals surface area contributed by atoms with Gasteiger partial charge in [-0.1, -0.05) is 5.16 Å². The SMILES string of the molecule is CC(C)n1c(=O)oc2ccc(-c3noc(C4CCNCC4)n3)cc21. The van der Waals surface area contributed by atoms with Crippen LogP contribution < -0.4 is 11.1 Å². The van der Waals surface area contributed by atoms with Crippen molar-refractivity contribution < 1.29 is 8.94 Å². The molecule has 1 fully saturated rings. The van der Waals surface area contributed by atoms with Gasteiger partial charge in [0.15, 0.2) is 5.58 Å². The third-order valence-electron chi connectivity index (χ3n) is 4.52. The Morgan fingerprint density at radius 2 is 2.08 bits per heavy atom. The van der Waals surface area contributed by atoms with Gasteiger partial charge in [0.1, 0.15) is 0 Å². The molecule has 126 valence electrons. The van der Waals surface area contributed by atoms with Crippen LogP contribution >= 0.6 is 0 Å². The average Bonchev–Trinajstić information content (AvgIpc) is 3.18. The monoisotopic (exact) mass is 328 g/mol. The predicted molar refractivity (Wildman–Crippen MR) is 89.0 cm³/mol. The first kappa shape index (κ1) is 15.1. The summed E-state index contributed by atoms with van der Waals surface area (Å²) in [5.74, 6) is 1.22. The van der Waals surface area contributed by atoms with E-state index in [0.29, 0.717) is 23.2 Å². The van der Waals surface area contributed by atoms with Gasteiger partial charge in [0, 0.05) is 17.5 Å². The number of nitrogens with zero attached hydrogens (tertiary/aromatic N) is 3. The van der Waals surface area contributed by atoms with Crippen molar-refractivity contribution in [1.82, 2.24) is 20.0 Å². The van der Waals surface area contributed by atoms with Crippen LogP contribution in [-0.4, -0.2) is 27.8 Å². The number of aromatic nitrogens is 3. The van der Waals surface area contributed by atoms with Crippen molar-refractivity contribution in [2.24, 2.45) is 0 Å². The fourth-order valence-electron chi connectivity index (χ4n) is 3.25. The second kappa shape index (κ2) is 5.90. The Morgan fingerprint density at radius 1 is 1.29 bits per heavy atom. The minimum absolute atomic E-state index is 0.0181. The Bertz CT molecular complexity index is 915. The molecule has 0 aliphatic carbocycles. The number of nitrogens with one attached hydrogen (secondary N) is 1. The van der Waals surface area contributed by atoms with Crippen LogP contribution in [0.4, 0.5) is 0 Å². The molecule has 0 bridgehead atoms. The maximum atomic E-state index is 12.0. The summed E-state index contributed by atoms with van der Waals surface area (Å²) in [5.41, 5.74) is 2.14. The van der Waals surface area contributed by atoms with E-state index in [1.807, 2.05) is 26.0 Å². The zero-order valence-corrected chi connectivity index (χ0v) is 13.8. The summed E-state index contributed by atoms with van der Waals surface area (Å²) in [6.07, 6.45) is 2.02. The summed E-state index contributed by atoms with van der Waals surface area (Å²) in [7, 11) is 0. The van der Waals surface area contributed by atoms with E-state index >= 15 is 0 Å². The van der Waals surface area contributed by atoms with Crippen LogP contribution in [0.15, 0.2) is 31.9 Å². The molecule has 7 heteroatoms. The molecule has 1 aliphatic rings. The van der Waals surface area contributed by atoms with Crippen LogP contribution in [0, 0.1) is 0 Å². The van der Waals surface area contributed by atoms with Crippen molar-refractivity contribution in [3.63, 3.8) is 0 Å². The molecule has 24 heavy (non-hydrogen) atoms. The van der Waals surface area contributed by atoms with E-state index in [4.69, 9.17) is 8.94 Å². The van der Waals surface area contributed by atoms with Crippen LogP contribution in [0.1, 0.15) is 44.5 Å². The molecule has 3 aromatic rings. The van der Waals surface area contributed by atoms with Crippen molar-refractivity contribution in [3.05, 3.63) is 34.6 Å². The molecular weight excluding hydrogens is 308 g/mol. The first-order valence-electron chi connectivity index (χ1n) is 8.33. The molecule has 0 spiro atoms. The van der Waals surface area contributed by atoms with E-state index in [-0.39, 0.29) is 11.8 Å². The van der Waals surface area contributed by atoms with Gasteiger partial charge in [-0.25, -0.2) is 4.79 Å². The quantitative estimate of drug-likeness (QED) is 0.795. The Hall–Kier alpha value is -2.41. The van der Waals surface area contributed by atoms with Gasteiger partial charge in [-0.05, 0) is 58.0 Å². The zero-order chi connectivity index (χ0) is 16.7. The first-order valence-corrected chi connectivity index (χ1v) is 8.33. The molecule has 0 saturated carbocycles. The van der Waals surface area contributed by atoms with Gasteiger partial charge in [-0.3, -0.25) is 4.57 Å². The van der Waals surface area contributed by atoms with E-state index in [0.717, 1.165) is 37.0 Å². The third kappa shape index (κ3) is 2.54. The van der Waals surface area contributed by atoms with Crippen molar-refractivity contribution >= 4 is 11.1 Å². The van der Waals surface area contributed by atoms with Crippen molar-refractivity contribution in [2.75, 3.05) is 13.1 Å².